The predicted octanol–water partition coefficient (Wildman–Crippen LogP) is 1.57. The zero-order chi connectivity index (χ0) is 9.97. The van der Waals surface area contributed by atoms with E-state index in [-0.39, 0.29) is 11.4 Å². The van der Waals surface area contributed by atoms with E-state index >= 15 is 0 Å². The summed E-state index contributed by atoms with van der Waals surface area (Å²) in [7, 11) is -0.832. The van der Waals surface area contributed by atoms with Crippen molar-refractivity contribution in [2.24, 2.45) is 0 Å². The van der Waals surface area contributed by atoms with Crippen molar-refractivity contribution in [2.45, 2.75) is 30.5 Å². The predicted molar refractivity (Wildman–Crippen MR) is 57.8 cm³/mol. The van der Waals surface area contributed by atoms with Crippen LogP contribution < -0.4 is 0 Å². The van der Waals surface area contributed by atoms with Crippen LogP contribution in [0.2, 0.25) is 0 Å². The molecular formula is C9H13NO2S2. The highest BCUT2D eigenvalue weighted by Gasteiger charge is 2.29. The molecule has 3 atom stereocenters. The zero-order valence-corrected chi connectivity index (χ0v) is 9.64. The van der Waals surface area contributed by atoms with Crippen LogP contribution in [0, 0.1) is 0 Å². The standard InChI is InChI=1S/C9H13NO2S2/c1-7-8(2-4-12-7)14(11)6-9-10-3-5-13-9/h3,5,7-8H,2,4,6H2,1H3/t7-,8+,14+/m1/s1. The summed E-state index contributed by atoms with van der Waals surface area (Å²) >= 11 is 1.57. The maximum absolute atomic E-state index is 11.9. The lowest BCUT2D eigenvalue weighted by molar-refractivity contribution is 0.127. The average Bonchev–Trinajstić information content (AvgIpc) is 2.75. The van der Waals surface area contributed by atoms with Gasteiger partial charge in [0.05, 0.1) is 17.1 Å². The Morgan fingerprint density at radius 3 is 3.21 bits per heavy atom. The highest BCUT2D eigenvalue weighted by Crippen LogP contribution is 2.21. The number of rotatable bonds is 3. The minimum Gasteiger partial charge on any atom is -0.377 e. The molecule has 2 heterocycles. The van der Waals surface area contributed by atoms with E-state index < -0.39 is 10.8 Å². The van der Waals surface area contributed by atoms with Crippen molar-refractivity contribution in [3.05, 3.63) is 16.6 Å². The molecule has 1 aliphatic heterocycles. The minimum atomic E-state index is -0.832. The monoisotopic (exact) mass is 231 g/mol. The first kappa shape index (κ1) is 10.3. The van der Waals surface area contributed by atoms with Gasteiger partial charge in [0.2, 0.25) is 0 Å². The second kappa shape index (κ2) is 4.51. The number of aromatic nitrogens is 1. The second-order valence-electron chi connectivity index (χ2n) is 3.35. The van der Waals surface area contributed by atoms with E-state index in [1.165, 1.54) is 0 Å². The summed E-state index contributed by atoms with van der Waals surface area (Å²) in [4.78, 5) is 4.14. The van der Waals surface area contributed by atoms with Gasteiger partial charge < -0.3 is 4.74 Å². The molecule has 5 heteroatoms. The largest absolute Gasteiger partial charge is 0.377 e. The molecule has 0 unspecified atom stereocenters. The summed E-state index contributed by atoms with van der Waals surface area (Å²) in [6.07, 6.45) is 2.81. The van der Waals surface area contributed by atoms with E-state index in [1.54, 1.807) is 17.5 Å². The Kier molecular flexibility index (Phi) is 3.30. The van der Waals surface area contributed by atoms with Crippen molar-refractivity contribution in [3.8, 4) is 0 Å². The van der Waals surface area contributed by atoms with Crippen molar-refractivity contribution in [1.82, 2.24) is 4.98 Å². The molecular weight excluding hydrogens is 218 g/mol. The quantitative estimate of drug-likeness (QED) is 0.792. The van der Waals surface area contributed by atoms with Crippen LogP contribution >= 0.6 is 11.3 Å². The highest BCUT2D eigenvalue weighted by molar-refractivity contribution is 7.85. The smallest absolute Gasteiger partial charge is 0.105 e. The van der Waals surface area contributed by atoms with Gasteiger partial charge in [0.15, 0.2) is 0 Å². The van der Waals surface area contributed by atoms with Crippen LogP contribution in [0.3, 0.4) is 0 Å². The van der Waals surface area contributed by atoms with Crippen LogP contribution in [0.5, 0.6) is 0 Å². The second-order valence-corrected chi connectivity index (χ2v) is 5.99. The van der Waals surface area contributed by atoms with Gasteiger partial charge in [-0.05, 0) is 13.3 Å². The number of hydrogen-bond donors (Lipinski definition) is 0. The van der Waals surface area contributed by atoms with E-state index in [0.717, 1.165) is 18.0 Å². The zero-order valence-electron chi connectivity index (χ0n) is 8.01. The van der Waals surface area contributed by atoms with Crippen LogP contribution in [0.4, 0.5) is 0 Å². The molecule has 0 aliphatic carbocycles. The first-order chi connectivity index (χ1) is 6.77. The molecule has 3 nitrogen and oxygen atoms in total. The van der Waals surface area contributed by atoms with Gasteiger partial charge in [0, 0.05) is 29.0 Å². The summed E-state index contributed by atoms with van der Waals surface area (Å²) in [5.74, 6) is 0.579. The fourth-order valence-electron chi connectivity index (χ4n) is 1.61. The topological polar surface area (TPSA) is 39.2 Å². The van der Waals surface area contributed by atoms with Gasteiger partial charge >= 0.3 is 0 Å². The van der Waals surface area contributed by atoms with Gasteiger partial charge in [-0.1, -0.05) is 0 Å². The molecule has 1 saturated heterocycles. The first-order valence-corrected chi connectivity index (χ1v) is 6.90. The van der Waals surface area contributed by atoms with E-state index in [1.807, 2.05) is 12.3 Å². The Labute approximate surface area is 90.0 Å². The molecule has 0 N–H and O–H groups in total. The van der Waals surface area contributed by atoms with E-state index in [9.17, 15) is 4.21 Å². The lowest BCUT2D eigenvalue weighted by Crippen LogP contribution is -2.24. The fraction of sp³-hybridized carbons (Fsp3) is 0.667. The molecule has 0 spiro atoms. The van der Waals surface area contributed by atoms with Crippen LogP contribution in [0.25, 0.3) is 0 Å². The minimum absolute atomic E-state index is 0.135. The molecule has 14 heavy (non-hydrogen) atoms. The number of hydrogen-bond acceptors (Lipinski definition) is 4. The van der Waals surface area contributed by atoms with Crippen LogP contribution in [-0.4, -0.2) is 27.2 Å². The van der Waals surface area contributed by atoms with Crippen LogP contribution in [-0.2, 0) is 21.3 Å². The SMILES string of the molecule is C[C@H]1OCC[C@@H]1[S@@](=O)Cc1nccs1. The van der Waals surface area contributed by atoms with Crippen molar-refractivity contribution >= 4 is 22.1 Å². The van der Waals surface area contributed by atoms with Crippen molar-refractivity contribution in [2.75, 3.05) is 6.61 Å². The van der Waals surface area contributed by atoms with E-state index in [4.69, 9.17) is 4.74 Å². The van der Waals surface area contributed by atoms with E-state index in [0.29, 0.717) is 5.75 Å². The molecule has 0 amide bonds. The van der Waals surface area contributed by atoms with Gasteiger partial charge in [0.25, 0.3) is 0 Å². The van der Waals surface area contributed by atoms with Crippen molar-refractivity contribution in [1.29, 1.82) is 0 Å². The number of thiazole rings is 1. The molecule has 0 saturated carbocycles. The Morgan fingerprint density at radius 2 is 2.64 bits per heavy atom. The van der Waals surface area contributed by atoms with Crippen molar-refractivity contribution in [3.63, 3.8) is 0 Å². The lowest BCUT2D eigenvalue weighted by Gasteiger charge is -2.12. The molecule has 1 aliphatic rings. The fourth-order valence-corrected chi connectivity index (χ4v) is 4.03. The third kappa shape index (κ3) is 2.21. The highest BCUT2D eigenvalue weighted by atomic mass is 32.2. The maximum Gasteiger partial charge on any atom is 0.105 e. The average molecular weight is 231 g/mol. The molecule has 1 aromatic heterocycles. The summed E-state index contributed by atoms with van der Waals surface area (Å²) < 4.78 is 17.3. The summed E-state index contributed by atoms with van der Waals surface area (Å²) in [6.45, 7) is 2.74. The van der Waals surface area contributed by atoms with Gasteiger partial charge in [-0.15, -0.1) is 11.3 Å². The van der Waals surface area contributed by atoms with Gasteiger partial charge in [-0.25, -0.2) is 4.98 Å². The molecule has 78 valence electrons. The number of nitrogens with zero attached hydrogens (tertiary/aromatic N) is 1. The van der Waals surface area contributed by atoms with Gasteiger partial charge in [-0.2, -0.15) is 0 Å². The maximum atomic E-state index is 11.9. The Balaban J connectivity index is 1.95. The summed E-state index contributed by atoms with van der Waals surface area (Å²) in [5.41, 5.74) is 0. The third-order valence-corrected chi connectivity index (χ3v) is 5.21. The summed E-state index contributed by atoms with van der Waals surface area (Å²) in [6, 6.07) is 0. The third-order valence-electron chi connectivity index (χ3n) is 2.39. The van der Waals surface area contributed by atoms with Crippen molar-refractivity contribution < 1.29 is 8.95 Å². The molecule has 1 fully saturated rings. The first-order valence-electron chi connectivity index (χ1n) is 4.64. The molecule has 0 radical (unpaired) electrons. The Bertz CT molecular complexity index is 313. The van der Waals surface area contributed by atoms with Gasteiger partial charge in [-0.3, -0.25) is 4.21 Å². The molecule has 1 aromatic rings. The number of ether oxygens (including phenoxy) is 1. The molecule has 2 rings (SSSR count). The Morgan fingerprint density at radius 1 is 1.79 bits per heavy atom. The summed E-state index contributed by atoms with van der Waals surface area (Å²) in [5, 5.41) is 3.07. The van der Waals surface area contributed by atoms with Gasteiger partial charge in [0.1, 0.15) is 5.01 Å². The lowest BCUT2D eigenvalue weighted by atomic mass is 10.3. The van der Waals surface area contributed by atoms with Crippen LogP contribution in [0.15, 0.2) is 11.6 Å². The molecule has 0 aromatic carbocycles. The molecule has 0 bridgehead atoms. The Hall–Kier alpha value is -0.260. The normalized spacial score (nSPS) is 29.2. The van der Waals surface area contributed by atoms with Crippen LogP contribution in [0.1, 0.15) is 18.4 Å². The van der Waals surface area contributed by atoms with E-state index in [2.05, 4.69) is 4.98 Å².